The highest BCUT2D eigenvalue weighted by atomic mass is 16.5. The second-order valence-electron chi connectivity index (χ2n) is 5.15. The van der Waals surface area contributed by atoms with Crippen LogP contribution in [0.5, 0.6) is 0 Å². The van der Waals surface area contributed by atoms with E-state index in [0.29, 0.717) is 0 Å². The van der Waals surface area contributed by atoms with Gasteiger partial charge < -0.3 is 14.9 Å². The average molecular weight is 255 g/mol. The number of aliphatic carboxylic acids is 1. The van der Waals surface area contributed by atoms with Gasteiger partial charge in [0.05, 0.1) is 11.0 Å². The SMILES string of the molecule is Cc1nc(C(=O)NC(C)(C)C(C)(C)C(=O)O)no1. The second kappa shape index (κ2) is 4.40. The van der Waals surface area contributed by atoms with Gasteiger partial charge in [-0.3, -0.25) is 9.59 Å². The van der Waals surface area contributed by atoms with Gasteiger partial charge in [0, 0.05) is 6.92 Å². The van der Waals surface area contributed by atoms with Crippen molar-refractivity contribution < 1.29 is 19.2 Å². The van der Waals surface area contributed by atoms with Crippen molar-refractivity contribution in [3.63, 3.8) is 0 Å². The molecule has 0 saturated carbocycles. The number of nitrogens with one attached hydrogen (secondary N) is 1. The number of carbonyl (C=O) groups excluding carboxylic acids is 1. The number of hydrogen-bond donors (Lipinski definition) is 2. The highest BCUT2D eigenvalue weighted by Gasteiger charge is 2.44. The van der Waals surface area contributed by atoms with Gasteiger partial charge in [-0.05, 0) is 27.7 Å². The van der Waals surface area contributed by atoms with Gasteiger partial charge in [-0.2, -0.15) is 4.98 Å². The van der Waals surface area contributed by atoms with E-state index in [-0.39, 0.29) is 11.7 Å². The molecular formula is C11H17N3O4. The fraction of sp³-hybridized carbons (Fsp3) is 0.636. The molecule has 7 nitrogen and oxygen atoms in total. The number of carboxylic acid groups (broad SMARTS) is 1. The van der Waals surface area contributed by atoms with Gasteiger partial charge in [0.1, 0.15) is 0 Å². The highest BCUT2D eigenvalue weighted by molar-refractivity contribution is 5.91. The Morgan fingerprint density at radius 1 is 1.28 bits per heavy atom. The molecule has 0 spiro atoms. The van der Waals surface area contributed by atoms with Crippen LogP contribution in [0.15, 0.2) is 4.52 Å². The van der Waals surface area contributed by atoms with E-state index >= 15 is 0 Å². The molecule has 1 aromatic heterocycles. The minimum absolute atomic E-state index is 0.109. The van der Waals surface area contributed by atoms with Crippen LogP contribution in [0.4, 0.5) is 0 Å². The molecule has 0 saturated heterocycles. The molecule has 0 aromatic carbocycles. The van der Waals surface area contributed by atoms with Gasteiger partial charge in [0.25, 0.3) is 11.7 Å². The highest BCUT2D eigenvalue weighted by Crippen LogP contribution is 2.30. The van der Waals surface area contributed by atoms with Crippen LogP contribution in [-0.4, -0.2) is 32.7 Å². The molecule has 100 valence electrons. The normalized spacial score (nSPS) is 12.3. The molecule has 18 heavy (non-hydrogen) atoms. The van der Waals surface area contributed by atoms with Gasteiger partial charge in [0.2, 0.25) is 5.89 Å². The number of amides is 1. The van der Waals surface area contributed by atoms with Crippen LogP contribution in [0.2, 0.25) is 0 Å². The molecule has 0 atom stereocenters. The lowest BCUT2D eigenvalue weighted by Crippen LogP contribution is -2.57. The maximum atomic E-state index is 11.9. The molecule has 0 aliphatic rings. The third-order valence-electron chi connectivity index (χ3n) is 3.25. The summed E-state index contributed by atoms with van der Waals surface area (Å²) in [6.45, 7) is 7.90. The smallest absolute Gasteiger partial charge is 0.311 e. The van der Waals surface area contributed by atoms with Crippen LogP contribution in [0, 0.1) is 12.3 Å². The van der Waals surface area contributed by atoms with Crippen LogP contribution >= 0.6 is 0 Å². The lowest BCUT2D eigenvalue weighted by atomic mass is 9.74. The summed E-state index contributed by atoms with van der Waals surface area (Å²) >= 11 is 0. The van der Waals surface area contributed by atoms with E-state index in [0.717, 1.165) is 0 Å². The first-order chi connectivity index (χ1) is 8.08. The zero-order valence-electron chi connectivity index (χ0n) is 11.1. The summed E-state index contributed by atoms with van der Waals surface area (Å²) in [6, 6.07) is 0. The van der Waals surface area contributed by atoms with Crippen LogP contribution in [0.1, 0.15) is 44.2 Å². The van der Waals surface area contributed by atoms with E-state index in [2.05, 4.69) is 15.5 Å². The third kappa shape index (κ3) is 2.49. The summed E-state index contributed by atoms with van der Waals surface area (Å²) in [4.78, 5) is 26.8. The summed E-state index contributed by atoms with van der Waals surface area (Å²) in [7, 11) is 0. The molecule has 7 heteroatoms. The van der Waals surface area contributed by atoms with Gasteiger partial charge >= 0.3 is 5.97 Å². The lowest BCUT2D eigenvalue weighted by molar-refractivity contribution is -0.150. The molecule has 0 aliphatic carbocycles. The summed E-state index contributed by atoms with van der Waals surface area (Å²) in [6.07, 6.45) is 0. The van der Waals surface area contributed by atoms with Gasteiger partial charge in [0.15, 0.2) is 0 Å². The Hall–Kier alpha value is -1.92. The van der Waals surface area contributed by atoms with Gasteiger partial charge in [-0.25, -0.2) is 0 Å². The zero-order valence-corrected chi connectivity index (χ0v) is 11.1. The molecular weight excluding hydrogens is 238 g/mol. The summed E-state index contributed by atoms with van der Waals surface area (Å²) in [5.74, 6) is -1.40. The van der Waals surface area contributed by atoms with Crippen molar-refractivity contribution in [1.29, 1.82) is 0 Å². The van der Waals surface area contributed by atoms with Crippen molar-refractivity contribution >= 4 is 11.9 Å². The largest absolute Gasteiger partial charge is 0.481 e. The predicted molar refractivity (Wildman–Crippen MR) is 62.0 cm³/mol. The van der Waals surface area contributed by atoms with E-state index < -0.39 is 22.8 Å². The molecule has 0 radical (unpaired) electrons. The monoisotopic (exact) mass is 255 g/mol. The van der Waals surface area contributed by atoms with E-state index in [1.54, 1.807) is 20.8 Å². The first-order valence-corrected chi connectivity index (χ1v) is 5.44. The maximum Gasteiger partial charge on any atom is 0.311 e. The van der Waals surface area contributed by atoms with Crippen LogP contribution in [0.3, 0.4) is 0 Å². The number of aromatic nitrogens is 2. The quantitative estimate of drug-likeness (QED) is 0.831. The average Bonchev–Trinajstić information content (AvgIpc) is 2.63. The molecule has 0 unspecified atom stereocenters. The number of aryl methyl sites for hydroxylation is 1. The molecule has 0 aliphatic heterocycles. The van der Waals surface area contributed by atoms with E-state index in [4.69, 9.17) is 9.63 Å². The lowest BCUT2D eigenvalue weighted by Gasteiger charge is -2.38. The summed E-state index contributed by atoms with van der Waals surface area (Å²) in [5.41, 5.74) is -2.11. The molecule has 1 amide bonds. The Morgan fingerprint density at radius 2 is 1.83 bits per heavy atom. The second-order valence-corrected chi connectivity index (χ2v) is 5.15. The van der Waals surface area contributed by atoms with Crippen molar-refractivity contribution in [2.45, 2.75) is 40.2 Å². The minimum atomic E-state index is -1.14. The molecule has 0 bridgehead atoms. The molecule has 0 fully saturated rings. The van der Waals surface area contributed by atoms with Crippen LogP contribution in [0.25, 0.3) is 0 Å². The standard InChI is InChI=1S/C11H17N3O4/c1-6-12-7(14-18-6)8(15)13-11(4,5)10(2,3)9(16)17/h1-5H3,(H,13,15)(H,16,17). The molecule has 1 heterocycles. The van der Waals surface area contributed by atoms with E-state index in [9.17, 15) is 9.59 Å². The number of carboxylic acids is 1. The Labute approximate surface area is 105 Å². The molecule has 1 rings (SSSR count). The van der Waals surface area contributed by atoms with E-state index in [1.165, 1.54) is 13.8 Å². The summed E-state index contributed by atoms with van der Waals surface area (Å²) in [5, 5.41) is 15.2. The Morgan fingerprint density at radius 3 is 2.22 bits per heavy atom. The minimum Gasteiger partial charge on any atom is -0.481 e. The first-order valence-electron chi connectivity index (χ1n) is 5.44. The fourth-order valence-corrected chi connectivity index (χ4v) is 1.15. The Bertz CT molecular complexity index is 476. The number of hydrogen-bond acceptors (Lipinski definition) is 5. The van der Waals surface area contributed by atoms with Gasteiger partial charge in [-0.15, -0.1) is 0 Å². The van der Waals surface area contributed by atoms with Crippen molar-refractivity contribution in [3.05, 3.63) is 11.7 Å². The van der Waals surface area contributed by atoms with Crippen molar-refractivity contribution in [2.75, 3.05) is 0 Å². The predicted octanol–water partition coefficient (Wildman–Crippen LogP) is 0.997. The van der Waals surface area contributed by atoms with Crippen LogP contribution < -0.4 is 5.32 Å². The van der Waals surface area contributed by atoms with Crippen molar-refractivity contribution in [2.24, 2.45) is 5.41 Å². The summed E-state index contributed by atoms with van der Waals surface area (Å²) < 4.78 is 4.69. The number of rotatable bonds is 4. The zero-order chi connectivity index (χ0) is 14.1. The van der Waals surface area contributed by atoms with E-state index in [1.807, 2.05) is 0 Å². The van der Waals surface area contributed by atoms with Gasteiger partial charge in [-0.1, -0.05) is 5.16 Å². The topological polar surface area (TPSA) is 105 Å². The first kappa shape index (κ1) is 14.1. The molecule has 2 N–H and O–H groups in total. The van der Waals surface area contributed by atoms with Crippen LogP contribution in [-0.2, 0) is 4.79 Å². The number of nitrogens with zero attached hydrogens (tertiary/aromatic N) is 2. The van der Waals surface area contributed by atoms with Crippen molar-refractivity contribution in [3.8, 4) is 0 Å². The Balaban J connectivity index is 2.90. The number of carbonyl (C=O) groups is 2. The fourth-order valence-electron chi connectivity index (χ4n) is 1.15. The van der Waals surface area contributed by atoms with Crippen molar-refractivity contribution in [1.82, 2.24) is 15.5 Å². The third-order valence-corrected chi connectivity index (χ3v) is 3.25. The Kier molecular flexibility index (Phi) is 3.45. The molecule has 1 aromatic rings. The maximum absolute atomic E-state index is 11.9.